The average molecular weight is 365 g/mol. The molecule has 0 spiro atoms. The van der Waals surface area contributed by atoms with Crippen molar-refractivity contribution in [2.45, 2.75) is 39.2 Å². The molecule has 2 aromatic carbocycles. The van der Waals surface area contributed by atoms with Gasteiger partial charge in [-0.25, -0.2) is 0 Å². The lowest BCUT2D eigenvalue weighted by atomic mass is 10.0. The van der Waals surface area contributed by atoms with Crippen molar-refractivity contribution >= 4 is 23.2 Å². The Bertz CT molecular complexity index is 798. The molecule has 27 heavy (non-hydrogen) atoms. The van der Waals surface area contributed by atoms with Gasteiger partial charge in [-0.2, -0.15) is 0 Å². The Hall–Kier alpha value is -2.82. The predicted octanol–water partition coefficient (Wildman–Crippen LogP) is 3.80. The smallest absolute Gasteiger partial charge is 0.226 e. The zero-order chi connectivity index (χ0) is 19.2. The maximum atomic E-state index is 12.6. The van der Waals surface area contributed by atoms with Gasteiger partial charge in [0.25, 0.3) is 0 Å². The molecule has 2 amide bonds. The minimum atomic E-state index is -0.340. The average Bonchev–Trinajstić information content (AvgIpc) is 3.18. The third-order valence-corrected chi connectivity index (χ3v) is 4.92. The maximum Gasteiger partial charge on any atom is 0.226 e. The van der Waals surface area contributed by atoms with Gasteiger partial charge in [0.1, 0.15) is 0 Å². The predicted molar refractivity (Wildman–Crippen MR) is 109 cm³/mol. The van der Waals surface area contributed by atoms with E-state index in [0.29, 0.717) is 0 Å². The highest BCUT2D eigenvalue weighted by molar-refractivity contribution is 5.92. The van der Waals surface area contributed by atoms with Crippen LogP contribution in [0, 0.1) is 6.92 Å². The highest BCUT2D eigenvalue weighted by atomic mass is 16.2. The van der Waals surface area contributed by atoms with Crippen LogP contribution < -0.4 is 15.5 Å². The third kappa shape index (κ3) is 5.09. The number of anilines is 2. The highest BCUT2D eigenvalue weighted by Gasteiger charge is 2.18. The SMILES string of the molecule is CC(=O)NC(CC(=O)Nc1ccc(N2CCCC2)cc1C)c1ccccc1. The van der Waals surface area contributed by atoms with E-state index in [1.54, 1.807) is 0 Å². The van der Waals surface area contributed by atoms with E-state index in [9.17, 15) is 9.59 Å². The number of carbonyl (C=O) groups excluding carboxylic acids is 2. The monoisotopic (exact) mass is 365 g/mol. The molecular formula is C22H27N3O2. The summed E-state index contributed by atoms with van der Waals surface area (Å²) < 4.78 is 0. The lowest BCUT2D eigenvalue weighted by molar-refractivity contribution is -0.120. The molecule has 1 heterocycles. The van der Waals surface area contributed by atoms with Crippen molar-refractivity contribution < 1.29 is 9.59 Å². The topological polar surface area (TPSA) is 61.4 Å². The molecule has 142 valence electrons. The molecule has 1 aliphatic heterocycles. The molecule has 2 N–H and O–H groups in total. The van der Waals surface area contributed by atoms with Gasteiger partial charge in [-0.3, -0.25) is 9.59 Å². The summed E-state index contributed by atoms with van der Waals surface area (Å²) in [6.07, 6.45) is 2.67. The van der Waals surface area contributed by atoms with Crippen molar-refractivity contribution in [3.8, 4) is 0 Å². The van der Waals surface area contributed by atoms with Crippen LogP contribution in [0.5, 0.6) is 0 Å². The Balaban J connectivity index is 1.67. The van der Waals surface area contributed by atoms with Crippen LogP contribution in [-0.2, 0) is 9.59 Å². The standard InChI is InChI=1S/C22H27N3O2/c1-16-14-19(25-12-6-7-13-25)10-11-20(16)24-22(27)15-21(23-17(2)26)18-8-4-3-5-9-18/h3-5,8-11,14,21H,6-7,12-13,15H2,1-2H3,(H,23,26)(H,24,27). The minimum Gasteiger partial charge on any atom is -0.372 e. The largest absolute Gasteiger partial charge is 0.372 e. The molecule has 1 fully saturated rings. The minimum absolute atomic E-state index is 0.116. The van der Waals surface area contributed by atoms with E-state index in [0.717, 1.165) is 29.9 Å². The second kappa shape index (κ2) is 8.71. The van der Waals surface area contributed by atoms with E-state index in [1.807, 2.05) is 43.3 Å². The highest BCUT2D eigenvalue weighted by Crippen LogP contribution is 2.26. The number of hydrogen-bond acceptors (Lipinski definition) is 3. The van der Waals surface area contributed by atoms with Gasteiger partial charge in [0.15, 0.2) is 0 Å². The summed E-state index contributed by atoms with van der Waals surface area (Å²) in [6, 6.07) is 15.4. The molecule has 0 bridgehead atoms. The van der Waals surface area contributed by atoms with Crippen molar-refractivity contribution in [3.63, 3.8) is 0 Å². The summed E-state index contributed by atoms with van der Waals surface area (Å²) in [6.45, 7) is 5.67. The molecule has 0 aliphatic carbocycles. The van der Waals surface area contributed by atoms with E-state index in [2.05, 4.69) is 27.7 Å². The number of aryl methyl sites for hydroxylation is 1. The number of amides is 2. The first-order chi connectivity index (χ1) is 13.0. The number of benzene rings is 2. The van der Waals surface area contributed by atoms with Gasteiger partial charge >= 0.3 is 0 Å². The van der Waals surface area contributed by atoms with E-state index in [4.69, 9.17) is 0 Å². The van der Waals surface area contributed by atoms with Crippen LogP contribution in [0.4, 0.5) is 11.4 Å². The number of nitrogens with one attached hydrogen (secondary N) is 2. The first kappa shape index (κ1) is 19.0. The second-order valence-electron chi connectivity index (χ2n) is 7.11. The zero-order valence-electron chi connectivity index (χ0n) is 16.0. The molecule has 1 aliphatic rings. The molecule has 2 aromatic rings. The van der Waals surface area contributed by atoms with Gasteiger partial charge in [-0.1, -0.05) is 30.3 Å². The number of nitrogens with zero attached hydrogens (tertiary/aromatic N) is 1. The van der Waals surface area contributed by atoms with Crippen LogP contribution in [0.2, 0.25) is 0 Å². The summed E-state index contributed by atoms with van der Waals surface area (Å²) >= 11 is 0. The Labute approximate surface area is 160 Å². The van der Waals surface area contributed by atoms with Crippen LogP contribution in [0.3, 0.4) is 0 Å². The fourth-order valence-electron chi connectivity index (χ4n) is 3.53. The van der Waals surface area contributed by atoms with E-state index in [-0.39, 0.29) is 24.3 Å². The van der Waals surface area contributed by atoms with E-state index >= 15 is 0 Å². The van der Waals surface area contributed by atoms with Crippen LogP contribution in [-0.4, -0.2) is 24.9 Å². The molecule has 5 nitrogen and oxygen atoms in total. The fourth-order valence-corrected chi connectivity index (χ4v) is 3.53. The number of hydrogen-bond donors (Lipinski definition) is 2. The number of carbonyl (C=O) groups is 2. The summed E-state index contributed by atoms with van der Waals surface area (Å²) in [7, 11) is 0. The van der Waals surface area contributed by atoms with Crippen LogP contribution in [0.15, 0.2) is 48.5 Å². The summed E-state index contributed by atoms with van der Waals surface area (Å²) in [5.74, 6) is -0.266. The summed E-state index contributed by atoms with van der Waals surface area (Å²) in [5.41, 5.74) is 3.99. The fraction of sp³-hybridized carbons (Fsp3) is 0.364. The van der Waals surface area contributed by atoms with Gasteiger partial charge < -0.3 is 15.5 Å². The van der Waals surface area contributed by atoms with Crippen LogP contribution >= 0.6 is 0 Å². The number of rotatable bonds is 6. The van der Waals surface area contributed by atoms with Gasteiger partial charge in [0, 0.05) is 31.4 Å². The third-order valence-electron chi connectivity index (χ3n) is 4.92. The Morgan fingerprint density at radius 1 is 1.07 bits per heavy atom. The van der Waals surface area contributed by atoms with E-state index in [1.165, 1.54) is 25.5 Å². The molecule has 1 atom stereocenters. The Kier molecular flexibility index (Phi) is 6.12. The van der Waals surface area contributed by atoms with Crippen LogP contribution in [0.1, 0.15) is 43.4 Å². The van der Waals surface area contributed by atoms with Crippen molar-refractivity contribution in [1.29, 1.82) is 0 Å². The Morgan fingerprint density at radius 2 is 1.78 bits per heavy atom. The molecule has 0 aromatic heterocycles. The first-order valence-corrected chi connectivity index (χ1v) is 9.50. The maximum absolute atomic E-state index is 12.6. The quantitative estimate of drug-likeness (QED) is 0.818. The molecular weight excluding hydrogens is 338 g/mol. The normalized spacial score (nSPS) is 14.7. The molecule has 1 unspecified atom stereocenters. The van der Waals surface area contributed by atoms with Crippen molar-refractivity contribution in [1.82, 2.24) is 5.32 Å². The molecule has 1 saturated heterocycles. The van der Waals surface area contributed by atoms with Crippen LogP contribution in [0.25, 0.3) is 0 Å². The molecule has 0 radical (unpaired) electrons. The van der Waals surface area contributed by atoms with Crippen molar-refractivity contribution in [3.05, 3.63) is 59.7 Å². The molecule has 0 saturated carbocycles. The second-order valence-corrected chi connectivity index (χ2v) is 7.11. The molecule has 5 heteroatoms. The molecule has 3 rings (SSSR count). The van der Waals surface area contributed by atoms with E-state index < -0.39 is 0 Å². The van der Waals surface area contributed by atoms with Crippen molar-refractivity contribution in [2.24, 2.45) is 0 Å². The van der Waals surface area contributed by atoms with Crippen molar-refractivity contribution in [2.75, 3.05) is 23.3 Å². The van der Waals surface area contributed by atoms with Gasteiger partial charge in [0.2, 0.25) is 11.8 Å². The summed E-state index contributed by atoms with van der Waals surface area (Å²) in [5, 5.41) is 5.86. The lowest BCUT2D eigenvalue weighted by Gasteiger charge is -2.20. The lowest BCUT2D eigenvalue weighted by Crippen LogP contribution is -2.29. The van der Waals surface area contributed by atoms with Gasteiger partial charge in [-0.05, 0) is 49.1 Å². The Morgan fingerprint density at radius 3 is 2.41 bits per heavy atom. The van der Waals surface area contributed by atoms with Gasteiger partial charge in [-0.15, -0.1) is 0 Å². The summed E-state index contributed by atoms with van der Waals surface area (Å²) in [4.78, 5) is 26.5. The first-order valence-electron chi connectivity index (χ1n) is 9.50. The van der Waals surface area contributed by atoms with Gasteiger partial charge in [0.05, 0.1) is 12.5 Å². The zero-order valence-corrected chi connectivity index (χ0v) is 16.0.